The molecule has 23 heteroatoms. The number of H-pyrrole nitrogens is 1. The van der Waals surface area contributed by atoms with Crippen LogP contribution >= 0.6 is 58.0 Å². The van der Waals surface area contributed by atoms with Gasteiger partial charge < -0.3 is 39.7 Å². The van der Waals surface area contributed by atoms with Crippen LogP contribution in [0, 0.1) is 13.8 Å². The highest BCUT2D eigenvalue weighted by Crippen LogP contribution is 2.32. The molecule has 0 unspecified atom stereocenters. The van der Waals surface area contributed by atoms with Crippen molar-refractivity contribution >= 4 is 93.0 Å². The first-order chi connectivity index (χ1) is 34.1. The number of methoxy groups -OCH3 is 2. The third-order valence-corrected chi connectivity index (χ3v) is 13.3. The summed E-state index contributed by atoms with van der Waals surface area (Å²) in [6, 6.07) is 21.6. The molecular formula is C49H57Cl5N12O6. The van der Waals surface area contributed by atoms with E-state index in [2.05, 4.69) is 45.7 Å². The summed E-state index contributed by atoms with van der Waals surface area (Å²) < 4.78 is 12.1. The monoisotopic (exact) mass is 1080 g/mol. The number of halogens is 5. The summed E-state index contributed by atoms with van der Waals surface area (Å²) in [6.07, 6.45) is 0. The number of aromatic nitrogens is 6. The Hall–Kier alpha value is -6.31. The summed E-state index contributed by atoms with van der Waals surface area (Å²) in [5, 5.41) is 18.5. The van der Waals surface area contributed by atoms with Crippen molar-refractivity contribution < 1.29 is 28.7 Å². The van der Waals surface area contributed by atoms with Gasteiger partial charge in [0, 0.05) is 90.0 Å². The van der Waals surface area contributed by atoms with Crippen LogP contribution < -0.4 is 29.9 Å². The Morgan fingerprint density at radius 3 is 1.51 bits per heavy atom. The lowest BCUT2D eigenvalue weighted by atomic mass is 10.2. The van der Waals surface area contributed by atoms with Crippen molar-refractivity contribution in [3.8, 4) is 34.3 Å². The number of nitrogens with zero attached hydrogens (tertiary/aromatic N) is 9. The molecule has 0 spiro atoms. The fraction of sp³-hybridized carbons (Fsp3) is 0.347. The molecule has 4 aromatic heterocycles. The second-order valence-electron chi connectivity index (χ2n) is 15.9. The predicted molar refractivity (Wildman–Crippen MR) is 285 cm³/mol. The molecular weight excluding hydrogens is 1030 g/mol. The standard InChI is InChI=1S/C24H26Cl2N6O3.C13H16Cl2N2O2.C11H11ClN4O.CH4/c1-15-22(26)23(18-5-4-6-19(28-18)24(34)27-2)29-32(15)14-21(33)31-11-9-30(10-12-31)16-7-8-17(25)20(13-16)35-3;1-19-12-8-10(2-3-11(12)15)16-4-6-17(7-5-16)13(18)9-14;1-6-9(12)10(16-15-6)7-4-3-5-8(14-7)11(17)13-2;/h4-8,13H,9-12,14H2,1-3H3,(H,27,34);2-3,8H,4-7,9H2,1H3;3-5H,1-2H3,(H,13,17)(H,15,16);1H4. The van der Waals surface area contributed by atoms with Crippen LogP contribution in [-0.4, -0.2) is 150 Å². The minimum absolute atomic E-state index is 0. The van der Waals surface area contributed by atoms with Crippen molar-refractivity contribution in [2.45, 2.75) is 27.8 Å². The molecule has 0 bridgehead atoms. The molecule has 6 heterocycles. The summed E-state index contributed by atoms with van der Waals surface area (Å²) in [4.78, 5) is 64.5. The van der Waals surface area contributed by atoms with E-state index < -0.39 is 0 Å². The molecule has 4 amide bonds. The molecule has 0 saturated carbocycles. The number of aromatic amines is 1. The van der Waals surface area contributed by atoms with Crippen molar-refractivity contribution in [1.82, 2.24) is 50.4 Å². The van der Waals surface area contributed by atoms with Crippen molar-refractivity contribution in [1.29, 1.82) is 0 Å². The topological polar surface area (TPSA) is 196 Å². The van der Waals surface area contributed by atoms with Gasteiger partial charge in [0.25, 0.3) is 11.8 Å². The number of pyridine rings is 2. The number of amides is 4. The normalized spacial score (nSPS) is 13.2. The number of carbonyl (C=O) groups is 4. The molecule has 2 aliphatic heterocycles. The van der Waals surface area contributed by atoms with Gasteiger partial charge in [-0.3, -0.25) is 29.0 Å². The van der Waals surface area contributed by atoms with Crippen molar-refractivity contribution in [2.75, 3.05) is 96.4 Å². The molecule has 384 valence electrons. The molecule has 6 aromatic rings. The molecule has 18 nitrogen and oxygen atoms in total. The highest BCUT2D eigenvalue weighted by molar-refractivity contribution is 6.34. The van der Waals surface area contributed by atoms with Gasteiger partial charge in [0.2, 0.25) is 11.8 Å². The minimum atomic E-state index is -0.300. The van der Waals surface area contributed by atoms with Crippen LogP contribution in [0.4, 0.5) is 11.4 Å². The SMILES string of the molecule is C.CNC(=O)c1cccc(-c2n[nH]c(C)c2Cl)n1.CNC(=O)c1cccc(-c2nn(CC(=O)N3CCN(c4ccc(Cl)c(OC)c4)CC3)c(C)c2Cl)n1.COc1cc(N2CCN(C(=O)CCl)CC2)ccc1Cl. The van der Waals surface area contributed by atoms with Gasteiger partial charge in [0.15, 0.2) is 0 Å². The number of carbonyl (C=O) groups excluding carboxylic acids is 4. The van der Waals surface area contributed by atoms with Crippen LogP contribution in [0.2, 0.25) is 20.1 Å². The van der Waals surface area contributed by atoms with Gasteiger partial charge in [-0.2, -0.15) is 10.2 Å². The number of aryl methyl sites for hydroxylation is 1. The minimum Gasteiger partial charge on any atom is -0.495 e. The molecule has 2 fully saturated rings. The second-order valence-corrected chi connectivity index (χ2v) is 17.7. The first-order valence-electron chi connectivity index (χ1n) is 22.2. The molecule has 0 atom stereocenters. The van der Waals surface area contributed by atoms with Crippen LogP contribution in [0.3, 0.4) is 0 Å². The second kappa shape index (κ2) is 26.4. The number of rotatable bonds is 11. The van der Waals surface area contributed by atoms with Gasteiger partial charge in [-0.1, -0.05) is 66.0 Å². The summed E-state index contributed by atoms with van der Waals surface area (Å²) in [7, 11) is 6.29. The Balaban J connectivity index is 0.000000219. The first kappa shape index (κ1) is 56.6. The lowest BCUT2D eigenvalue weighted by molar-refractivity contribution is -0.132. The van der Waals surface area contributed by atoms with Crippen LogP contribution in [-0.2, 0) is 16.1 Å². The largest absolute Gasteiger partial charge is 0.495 e. The Bertz CT molecular complexity index is 2850. The molecule has 2 aromatic carbocycles. The van der Waals surface area contributed by atoms with Crippen LogP contribution in [0.5, 0.6) is 11.5 Å². The van der Waals surface area contributed by atoms with Crippen molar-refractivity contribution in [3.05, 3.63) is 116 Å². The van der Waals surface area contributed by atoms with Crippen LogP contribution in [0.25, 0.3) is 22.8 Å². The molecule has 0 aliphatic carbocycles. The maximum atomic E-state index is 13.0. The smallest absolute Gasteiger partial charge is 0.269 e. The quantitative estimate of drug-likeness (QED) is 0.106. The zero-order chi connectivity index (χ0) is 51.4. The maximum absolute atomic E-state index is 13.0. The van der Waals surface area contributed by atoms with Crippen molar-refractivity contribution in [3.63, 3.8) is 0 Å². The van der Waals surface area contributed by atoms with E-state index in [1.165, 1.54) is 0 Å². The van der Waals surface area contributed by atoms with Crippen LogP contribution in [0.1, 0.15) is 39.8 Å². The van der Waals surface area contributed by atoms with Gasteiger partial charge >= 0.3 is 0 Å². The Labute approximate surface area is 443 Å². The molecule has 8 rings (SSSR count). The van der Waals surface area contributed by atoms with E-state index in [1.807, 2.05) is 48.2 Å². The van der Waals surface area contributed by atoms with Crippen LogP contribution in [0.15, 0.2) is 72.8 Å². The summed E-state index contributed by atoms with van der Waals surface area (Å²) in [5.74, 6) is 0.752. The van der Waals surface area contributed by atoms with Gasteiger partial charge in [-0.15, -0.1) is 11.6 Å². The summed E-state index contributed by atoms with van der Waals surface area (Å²) in [6.45, 7) is 9.19. The summed E-state index contributed by atoms with van der Waals surface area (Å²) in [5.41, 5.74) is 6.12. The Morgan fingerprint density at radius 2 is 1.10 bits per heavy atom. The summed E-state index contributed by atoms with van der Waals surface area (Å²) >= 11 is 30.3. The zero-order valence-electron chi connectivity index (χ0n) is 39.9. The molecule has 2 aliphatic rings. The number of hydrogen-bond donors (Lipinski definition) is 3. The molecule has 72 heavy (non-hydrogen) atoms. The fourth-order valence-electron chi connectivity index (χ4n) is 7.50. The van der Waals surface area contributed by atoms with Gasteiger partial charge in [-0.05, 0) is 62.4 Å². The van der Waals surface area contributed by atoms with E-state index >= 15 is 0 Å². The highest BCUT2D eigenvalue weighted by Gasteiger charge is 2.25. The zero-order valence-corrected chi connectivity index (χ0v) is 43.6. The molecule has 2 saturated heterocycles. The third-order valence-electron chi connectivity index (χ3n) is 11.6. The number of hydrogen-bond acceptors (Lipinski definition) is 12. The predicted octanol–water partition coefficient (Wildman–Crippen LogP) is 7.94. The fourth-order valence-corrected chi connectivity index (χ4v) is 8.47. The lowest BCUT2D eigenvalue weighted by Gasteiger charge is -2.36. The Kier molecular flexibility index (Phi) is 20.8. The average molecular weight is 1090 g/mol. The number of ether oxygens (including phenoxy) is 2. The van der Waals surface area contributed by atoms with E-state index in [9.17, 15) is 19.2 Å². The molecule has 3 N–H and O–H groups in total. The number of piperazine rings is 2. The number of nitrogens with one attached hydrogen (secondary N) is 3. The van der Waals surface area contributed by atoms with E-state index in [1.54, 1.807) is 81.2 Å². The number of anilines is 2. The van der Waals surface area contributed by atoms with E-state index in [0.29, 0.717) is 105 Å². The highest BCUT2D eigenvalue weighted by atomic mass is 35.5. The maximum Gasteiger partial charge on any atom is 0.269 e. The number of alkyl halides is 1. The lowest BCUT2D eigenvalue weighted by Crippen LogP contribution is -2.49. The van der Waals surface area contributed by atoms with E-state index in [-0.39, 0.29) is 49.2 Å². The van der Waals surface area contributed by atoms with Gasteiger partial charge in [0.05, 0.1) is 57.1 Å². The number of benzene rings is 2. The van der Waals surface area contributed by atoms with Gasteiger partial charge in [-0.25, -0.2) is 9.97 Å². The first-order valence-corrected chi connectivity index (χ1v) is 24.3. The van der Waals surface area contributed by atoms with E-state index in [0.717, 1.165) is 30.2 Å². The third kappa shape index (κ3) is 13.8. The van der Waals surface area contributed by atoms with E-state index in [4.69, 9.17) is 67.5 Å². The van der Waals surface area contributed by atoms with Crippen molar-refractivity contribution in [2.24, 2.45) is 0 Å². The van der Waals surface area contributed by atoms with Gasteiger partial charge in [0.1, 0.15) is 46.7 Å². The average Bonchev–Trinajstić information content (AvgIpc) is 3.89. The Morgan fingerprint density at radius 1 is 0.639 bits per heavy atom. The molecule has 0 radical (unpaired) electrons.